The third-order valence-corrected chi connectivity index (χ3v) is 6.50. The molecule has 0 aliphatic carbocycles. The van der Waals surface area contributed by atoms with Gasteiger partial charge in [-0.3, -0.25) is 14.5 Å². The number of hydrogen-bond donors (Lipinski definition) is 2. The Balaban J connectivity index is 1.44. The molecule has 2 aromatic heterocycles. The molecule has 1 fully saturated rings. The second-order valence-electron chi connectivity index (χ2n) is 8.72. The van der Waals surface area contributed by atoms with Gasteiger partial charge in [-0.2, -0.15) is 0 Å². The first-order chi connectivity index (χ1) is 15.2. The molecular weight excluding hydrogens is 426 g/mol. The molecule has 2 aromatic rings. The third-order valence-electron chi connectivity index (χ3n) is 5.11. The summed E-state index contributed by atoms with van der Waals surface area (Å²) in [5.74, 6) is -0.191. The molecule has 9 nitrogen and oxygen atoms in total. The van der Waals surface area contributed by atoms with Gasteiger partial charge >= 0.3 is 0 Å². The van der Waals surface area contributed by atoms with Crippen LogP contribution in [0.3, 0.4) is 0 Å². The van der Waals surface area contributed by atoms with Crippen LogP contribution in [-0.4, -0.2) is 75.8 Å². The molecule has 0 saturated carbocycles. The van der Waals surface area contributed by atoms with Gasteiger partial charge < -0.3 is 16.0 Å². The van der Waals surface area contributed by atoms with Gasteiger partial charge in [-0.05, 0) is 19.0 Å². The predicted octanol–water partition coefficient (Wildman–Crippen LogP) is 1.79. The number of amides is 2. The molecule has 3 rings (SSSR count). The van der Waals surface area contributed by atoms with Gasteiger partial charge in [0.05, 0.1) is 5.01 Å². The Morgan fingerprint density at radius 2 is 1.94 bits per heavy atom. The molecular formula is C22H31N7O2S. The van der Waals surface area contributed by atoms with Gasteiger partial charge in [-0.1, -0.05) is 20.8 Å². The third kappa shape index (κ3) is 6.57. The van der Waals surface area contributed by atoms with Crippen LogP contribution in [0.1, 0.15) is 47.6 Å². The zero-order valence-electron chi connectivity index (χ0n) is 18.9. The SMILES string of the molecule is CC(C)(C)c1ncc(/C=C/C(=O)N2CCCN(CCNC(=O)c3nccnc3N)CC2)s1. The molecule has 10 heteroatoms. The van der Waals surface area contributed by atoms with E-state index in [0.717, 1.165) is 35.9 Å². The van der Waals surface area contributed by atoms with Crippen molar-refractivity contribution in [2.24, 2.45) is 0 Å². The first-order valence-electron chi connectivity index (χ1n) is 10.7. The summed E-state index contributed by atoms with van der Waals surface area (Å²) in [6.07, 6.45) is 9.10. The fourth-order valence-electron chi connectivity index (χ4n) is 3.32. The number of nitrogens with two attached hydrogens (primary N) is 1. The molecule has 1 aliphatic rings. The normalized spacial score (nSPS) is 15.7. The Bertz CT molecular complexity index is 967. The lowest BCUT2D eigenvalue weighted by atomic mass is 9.98. The van der Waals surface area contributed by atoms with Gasteiger partial charge in [0.25, 0.3) is 5.91 Å². The van der Waals surface area contributed by atoms with E-state index in [0.29, 0.717) is 19.6 Å². The summed E-state index contributed by atoms with van der Waals surface area (Å²) in [5, 5.41) is 3.89. The first kappa shape index (κ1) is 23.8. The quantitative estimate of drug-likeness (QED) is 0.635. The zero-order chi connectivity index (χ0) is 23.1. The molecule has 32 heavy (non-hydrogen) atoms. The number of carbonyl (C=O) groups is 2. The van der Waals surface area contributed by atoms with Gasteiger partial charge in [0, 0.05) is 67.7 Å². The molecule has 172 valence electrons. The summed E-state index contributed by atoms with van der Waals surface area (Å²) in [5.41, 5.74) is 5.84. The van der Waals surface area contributed by atoms with Gasteiger partial charge in [-0.15, -0.1) is 11.3 Å². The van der Waals surface area contributed by atoms with Crippen molar-refractivity contribution in [1.82, 2.24) is 30.1 Å². The van der Waals surface area contributed by atoms with Crippen LogP contribution in [0.25, 0.3) is 6.08 Å². The summed E-state index contributed by atoms with van der Waals surface area (Å²) in [7, 11) is 0. The van der Waals surface area contributed by atoms with Crippen LogP contribution in [0, 0.1) is 0 Å². The minimum absolute atomic E-state index is 0.00951. The van der Waals surface area contributed by atoms with Crippen molar-refractivity contribution in [3.63, 3.8) is 0 Å². The van der Waals surface area contributed by atoms with E-state index in [2.05, 4.69) is 45.9 Å². The maximum absolute atomic E-state index is 12.6. The molecule has 0 spiro atoms. The van der Waals surface area contributed by atoms with E-state index in [4.69, 9.17) is 5.73 Å². The maximum Gasteiger partial charge on any atom is 0.273 e. The number of nitrogens with one attached hydrogen (secondary N) is 1. The number of aromatic nitrogens is 3. The number of hydrogen-bond acceptors (Lipinski definition) is 8. The van der Waals surface area contributed by atoms with Crippen molar-refractivity contribution < 1.29 is 9.59 Å². The molecule has 0 aromatic carbocycles. The zero-order valence-corrected chi connectivity index (χ0v) is 19.7. The molecule has 1 saturated heterocycles. The molecule has 0 bridgehead atoms. The average molecular weight is 458 g/mol. The van der Waals surface area contributed by atoms with Crippen molar-refractivity contribution in [3.8, 4) is 0 Å². The Morgan fingerprint density at radius 3 is 2.66 bits per heavy atom. The van der Waals surface area contributed by atoms with Crippen molar-refractivity contribution in [3.05, 3.63) is 40.2 Å². The molecule has 1 aliphatic heterocycles. The van der Waals surface area contributed by atoms with E-state index in [-0.39, 0.29) is 28.7 Å². The fourth-order valence-corrected chi connectivity index (χ4v) is 4.20. The van der Waals surface area contributed by atoms with Crippen LogP contribution in [0.4, 0.5) is 5.82 Å². The highest BCUT2D eigenvalue weighted by molar-refractivity contribution is 7.12. The molecule has 3 heterocycles. The predicted molar refractivity (Wildman–Crippen MR) is 126 cm³/mol. The van der Waals surface area contributed by atoms with Gasteiger partial charge in [0.15, 0.2) is 11.5 Å². The Kier molecular flexibility index (Phi) is 7.92. The van der Waals surface area contributed by atoms with E-state index in [9.17, 15) is 9.59 Å². The van der Waals surface area contributed by atoms with Crippen molar-refractivity contribution in [2.45, 2.75) is 32.6 Å². The second-order valence-corrected chi connectivity index (χ2v) is 9.78. The topological polar surface area (TPSA) is 117 Å². The van der Waals surface area contributed by atoms with Crippen molar-refractivity contribution >= 4 is 35.0 Å². The lowest BCUT2D eigenvalue weighted by molar-refractivity contribution is -0.125. The Morgan fingerprint density at radius 1 is 1.16 bits per heavy atom. The largest absolute Gasteiger partial charge is 0.382 e. The number of carbonyl (C=O) groups excluding carboxylic acids is 2. The van der Waals surface area contributed by atoms with Crippen molar-refractivity contribution in [1.29, 1.82) is 0 Å². The van der Waals surface area contributed by atoms with E-state index >= 15 is 0 Å². The van der Waals surface area contributed by atoms with E-state index in [1.165, 1.54) is 12.4 Å². The van der Waals surface area contributed by atoms with Crippen LogP contribution in [0.5, 0.6) is 0 Å². The van der Waals surface area contributed by atoms with E-state index in [1.54, 1.807) is 17.4 Å². The molecule has 0 radical (unpaired) electrons. The highest BCUT2D eigenvalue weighted by Crippen LogP contribution is 2.27. The monoisotopic (exact) mass is 457 g/mol. The summed E-state index contributed by atoms with van der Waals surface area (Å²) in [6, 6.07) is 0. The minimum Gasteiger partial charge on any atom is -0.382 e. The fraction of sp³-hybridized carbons (Fsp3) is 0.500. The smallest absolute Gasteiger partial charge is 0.273 e. The first-order valence-corrected chi connectivity index (χ1v) is 11.6. The van der Waals surface area contributed by atoms with Crippen molar-refractivity contribution in [2.75, 3.05) is 45.0 Å². The number of rotatable bonds is 6. The van der Waals surface area contributed by atoms with Crippen LogP contribution in [-0.2, 0) is 10.2 Å². The molecule has 2 amide bonds. The number of anilines is 1. The maximum atomic E-state index is 12.6. The Labute approximate surface area is 192 Å². The lowest BCUT2D eigenvalue weighted by Gasteiger charge is -2.21. The summed E-state index contributed by atoms with van der Waals surface area (Å²) < 4.78 is 0. The van der Waals surface area contributed by atoms with Crippen LogP contribution < -0.4 is 11.1 Å². The standard InChI is InChI=1S/C22H31N7O2S/c1-22(2,3)21-27-15-16(32-21)5-6-17(30)29-11-4-10-28(13-14-29)12-9-26-20(31)18-19(23)25-8-7-24-18/h5-8,15H,4,9-14H2,1-3H3,(H2,23,25)(H,26,31)/b6-5+. The molecule has 0 unspecified atom stereocenters. The summed E-state index contributed by atoms with van der Waals surface area (Å²) in [4.78, 5) is 42.3. The Hall–Kier alpha value is -2.85. The van der Waals surface area contributed by atoms with Gasteiger partial charge in [0.2, 0.25) is 5.91 Å². The van der Waals surface area contributed by atoms with Crippen LogP contribution in [0.2, 0.25) is 0 Å². The highest BCUT2D eigenvalue weighted by atomic mass is 32.1. The van der Waals surface area contributed by atoms with Crippen LogP contribution in [0.15, 0.2) is 24.7 Å². The minimum atomic E-state index is -0.329. The number of nitrogens with zero attached hydrogens (tertiary/aromatic N) is 5. The number of thiazole rings is 1. The van der Waals surface area contributed by atoms with Crippen LogP contribution >= 0.6 is 11.3 Å². The highest BCUT2D eigenvalue weighted by Gasteiger charge is 2.19. The average Bonchev–Trinajstić information content (AvgIpc) is 3.12. The van der Waals surface area contributed by atoms with Gasteiger partial charge in [-0.25, -0.2) is 15.0 Å². The summed E-state index contributed by atoms with van der Waals surface area (Å²) in [6.45, 7) is 10.6. The molecule has 0 atom stereocenters. The lowest BCUT2D eigenvalue weighted by Crippen LogP contribution is -2.38. The second kappa shape index (κ2) is 10.6. The van der Waals surface area contributed by atoms with E-state index < -0.39 is 0 Å². The number of nitrogen functional groups attached to an aromatic ring is 1. The van der Waals surface area contributed by atoms with E-state index in [1.807, 2.05) is 17.2 Å². The van der Waals surface area contributed by atoms with Gasteiger partial charge in [0.1, 0.15) is 0 Å². The summed E-state index contributed by atoms with van der Waals surface area (Å²) >= 11 is 1.62. The molecule has 3 N–H and O–H groups in total.